The van der Waals surface area contributed by atoms with Crippen molar-refractivity contribution in [1.29, 1.82) is 0 Å². The van der Waals surface area contributed by atoms with Crippen LogP contribution in [0.2, 0.25) is 0 Å². The molecule has 2 amide bonds. The van der Waals surface area contributed by atoms with Gasteiger partial charge < -0.3 is 14.7 Å². The number of likely N-dealkylation sites (tertiary alicyclic amines) is 1. The third-order valence-electron chi connectivity index (χ3n) is 5.73. The second kappa shape index (κ2) is 6.79. The second-order valence-corrected chi connectivity index (χ2v) is 7.74. The molecule has 1 aliphatic carbocycles. The zero-order chi connectivity index (χ0) is 19.0. The number of nitrogens with zero attached hydrogens (tertiary/aromatic N) is 3. The van der Waals surface area contributed by atoms with Crippen molar-refractivity contribution in [3.8, 4) is 11.5 Å². The molecular formula is C20H24N4O3. The van der Waals surface area contributed by atoms with Gasteiger partial charge in [-0.05, 0) is 69.2 Å². The van der Waals surface area contributed by atoms with Gasteiger partial charge in [-0.3, -0.25) is 9.59 Å². The van der Waals surface area contributed by atoms with Crippen molar-refractivity contribution in [1.82, 2.24) is 20.4 Å². The van der Waals surface area contributed by atoms with E-state index in [0.717, 1.165) is 31.5 Å². The Balaban J connectivity index is 1.34. The van der Waals surface area contributed by atoms with Crippen LogP contribution in [-0.4, -0.2) is 46.0 Å². The average Bonchev–Trinajstić information content (AvgIpc) is 3.29. The number of amides is 2. The van der Waals surface area contributed by atoms with E-state index in [0.29, 0.717) is 22.7 Å². The zero-order valence-electron chi connectivity index (χ0n) is 15.7. The fraction of sp³-hybridized carbons (Fsp3) is 0.500. The first kappa shape index (κ1) is 17.7. The van der Waals surface area contributed by atoms with Crippen LogP contribution >= 0.6 is 0 Å². The largest absolute Gasteiger partial charge is 0.341 e. The van der Waals surface area contributed by atoms with Gasteiger partial charge in [-0.15, -0.1) is 0 Å². The topological polar surface area (TPSA) is 88.3 Å². The summed E-state index contributed by atoms with van der Waals surface area (Å²) in [5.74, 6) is 0.711. The predicted octanol–water partition coefficient (Wildman–Crippen LogP) is 2.57. The Morgan fingerprint density at radius 1 is 1.15 bits per heavy atom. The van der Waals surface area contributed by atoms with Crippen LogP contribution in [0, 0.1) is 12.3 Å². The Morgan fingerprint density at radius 2 is 1.81 bits per heavy atom. The lowest BCUT2D eigenvalue weighted by atomic mass is 9.93. The van der Waals surface area contributed by atoms with Gasteiger partial charge in [0.25, 0.3) is 11.8 Å². The molecule has 1 atom stereocenters. The van der Waals surface area contributed by atoms with E-state index in [2.05, 4.69) is 15.5 Å². The molecule has 27 heavy (non-hydrogen) atoms. The van der Waals surface area contributed by atoms with E-state index in [9.17, 15) is 9.59 Å². The molecular weight excluding hydrogens is 344 g/mol. The summed E-state index contributed by atoms with van der Waals surface area (Å²) in [6.45, 7) is 5.10. The van der Waals surface area contributed by atoms with E-state index in [4.69, 9.17) is 4.52 Å². The molecule has 142 valence electrons. The van der Waals surface area contributed by atoms with Crippen LogP contribution in [0.25, 0.3) is 11.5 Å². The number of aryl methyl sites for hydroxylation is 1. The Hall–Kier alpha value is -2.70. The van der Waals surface area contributed by atoms with Gasteiger partial charge in [0.05, 0.1) is 0 Å². The summed E-state index contributed by atoms with van der Waals surface area (Å²) >= 11 is 0. The molecule has 0 radical (unpaired) electrons. The third kappa shape index (κ3) is 3.72. The molecule has 0 bridgehead atoms. The highest BCUT2D eigenvalue weighted by atomic mass is 16.5. The van der Waals surface area contributed by atoms with Crippen molar-refractivity contribution in [2.24, 2.45) is 5.41 Å². The van der Waals surface area contributed by atoms with E-state index in [1.54, 1.807) is 38.1 Å². The van der Waals surface area contributed by atoms with Crippen LogP contribution < -0.4 is 5.32 Å². The Morgan fingerprint density at radius 3 is 2.37 bits per heavy atom. The minimum absolute atomic E-state index is 0.00296. The predicted molar refractivity (Wildman–Crippen MR) is 98.9 cm³/mol. The number of carbonyl (C=O) groups excluding carboxylic acids is 2. The average molecular weight is 368 g/mol. The lowest BCUT2D eigenvalue weighted by Crippen LogP contribution is -2.49. The minimum atomic E-state index is -0.538. The summed E-state index contributed by atoms with van der Waals surface area (Å²) in [5.41, 5.74) is 1.77. The molecule has 2 aliphatic rings. The number of nitrogens with one attached hydrogen (secondary N) is 1. The fourth-order valence-corrected chi connectivity index (χ4v) is 3.67. The molecule has 1 unspecified atom stereocenters. The van der Waals surface area contributed by atoms with Crippen molar-refractivity contribution >= 4 is 11.8 Å². The first-order valence-corrected chi connectivity index (χ1v) is 9.46. The number of piperidine rings is 1. The highest BCUT2D eigenvalue weighted by molar-refractivity contribution is 5.97. The number of hydrogen-bond acceptors (Lipinski definition) is 5. The molecule has 2 fully saturated rings. The minimum Gasteiger partial charge on any atom is -0.341 e. The van der Waals surface area contributed by atoms with Crippen molar-refractivity contribution in [2.45, 2.75) is 45.6 Å². The van der Waals surface area contributed by atoms with Crippen LogP contribution in [0.5, 0.6) is 0 Å². The summed E-state index contributed by atoms with van der Waals surface area (Å²) in [5, 5.41) is 6.57. The van der Waals surface area contributed by atoms with Gasteiger partial charge in [-0.25, -0.2) is 0 Å². The van der Waals surface area contributed by atoms with Gasteiger partial charge in [0.15, 0.2) is 5.82 Å². The van der Waals surface area contributed by atoms with Crippen LogP contribution in [-0.2, 0) is 4.79 Å². The molecule has 2 heterocycles. The molecule has 1 spiro atoms. The van der Waals surface area contributed by atoms with E-state index in [1.165, 1.54) is 12.8 Å². The highest BCUT2D eigenvalue weighted by Crippen LogP contribution is 2.53. The number of rotatable bonds is 4. The second-order valence-electron chi connectivity index (χ2n) is 7.74. The smallest absolute Gasteiger partial charge is 0.257 e. The third-order valence-corrected chi connectivity index (χ3v) is 5.73. The maximum atomic E-state index is 12.6. The maximum absolute atomic E-state index is 12.6. The Bertz CT molecular complexity index is 844. The van der Waals surface area contributed by atoms with Crippen molar-refractivity contribution in [3.05, 3.63) is 35.7 Å². The maximum Gasteiger partial charge on any atom is 0.257 e. The number of aromatic nitrogens is 2. The van der Waals surface area contributed by atoms with Crippen molar-refractivity contribution in [3.63, 3.8) is 0 Å². The van der Waals surface area contributed by atoms with E-state index < -0.39 is 6.04 Å². The van der Waals surface area contributed by atoms with Crippen molar-refractivity contribution in [2.75, 3.05) is 13.1 Å². The molecule has 7 heteroatoms. The summed E-state index contributed by atoms with van der Waals surface area (Å²) in [6, 6.07) is 6.37. The van der Waals surface area contributed by atoms with Crippen LogP contribution in [0.4, 0.5) is 0 Å². The van der Waals surface area contributed by atoms with Gasteiger partial charge in [0.2, 0.25) is 5.91 Å². The Kier molecular flexibility index (Phi) is 4.45. The molecule has 4 rings (SSSR count). The number of benzene rings is 1. The summed E-state index contributed by atoms with van der Waals surface area (Å²) < 4.78 is 5.12. The molecule has 1 saturated heterocycles. The quantitative estimate of drug-likeness (QED) is 0.896. The van der Waals surface area contributed by atoms with Crippen LogP contribution in [0.15, 0.2) is 28.8 Å². The van der Waals surface area contributed by atoms with Crippen molar-refractivity contribution < 1.29 is 14.1 Å². The van der Waals surface area contributed by atoms with Gasteiger partial charge in [-0.1, -0.05) is 5.16 Å². The summed E-state index contributed by atoms with van der Waals surface area (Å²) in [6.07, 6.45) is 4.80. The molecule has 1 N–H and O–H groups in total. The fourth-order valence-electron chi connectivity index (χ4n) is 3.67. The first-order chi connectivity index (χ1) is 13.0. The van der Waals surface area contributed by atoms with Gasteiger partial charge in [0.1, 0.15) is 6.04 Å². The molecule has 1 aromatic heterocycles. The van der Waals surface area contributed by atoms with Gasteiger partial charge in [0, 0.05) is 24.2 Å². The standard InChI is InChI=1S/C20H24N4O3/c1-13(19(26)24-11-9-20(7-8-20)10-12-24)21-17(25)15-3-5-16(6-4-15)18-22-14(2)23-27-18/h3-6,13H,7-12H2,1-2H3,(H,21,25). The van der Waals surface area contributed by atoms with Gasteiger partial charge >= 0.3 is 0 Å². The SMILES string of the molecule is Cc1noc(-c2ccc(C(=O)NC(C)C(=O)N3CCC4(CC3)CC4)cc2)n1. The molecule has 2 aromatic rings. The summed E-state index contributed by atoms with van der Waals surface area (Å²) in [7, 11) is 0. The normalized spacial score (nSPS) is 19.0. The molecule has 1 saturated carbocycles. The first-order valence-electron chi connectivity index (χ1n) is 9.46. The van der Waals surface area contributed by atoms with Crippen LogP contribution in [0.1, 0.15) is 48.8 Å². The number of carbonyl (C=O) groups is 2. The number of hydrogen-bond donors (Lipinski definition) is 1. The lowest BCUT2D eigenvalue weighted by Gasteiger charge is -2.33. The zero-order valence-corrected chi connectivity index (χ0v) is 15.7. The van der Waals surface area contributed by atoms with Crippen LogP contribution in [0.3, 0.4) is 0 Å². The summed E-state index contributed by atoms with van der Waals surface area (Å²) in [4.78, 5) is 31.1. The molecule has 7 nitrogen and oxygen atoms in total. The Labute approximate surface area is 158 Å². The van der Waals surface area contributed by atoms with E-state index >= 15 is 0 Å². The van der Waals surface area contributed by atoms with E-state index in [1.807, 2.05) is 4.90 Å². The monoisotopic (exact) mass is 368 g/mol. The molecule has 1 aliphatic heterocycles. The lowest BCUT2D eigenvalue weighted by molar-refractivity contribution is -0.134. The van der Waals surface area contributed by atoms with Gasteiger partial charge in [-0.2, -0.15) is 4.98 Å². The highest BCUT2D eigenvalue weighted by Gasteiger charge is 2.45. The molecule has 1 aromatic carbocycles. The van der Waals surface area contributed by atoms with E-state index in [-0.39, 0.29) is 11.8 Å².